The second kappa shape index (κ2) is 7.81. The zero-order valence-corrected chi connectivity index (χ0v) is 17.4. The van der Waals surface area contributed by atoms with Crippen molar-refractivity contribution in [2.24, 2.45) is 0 Å². The summed E-state index contributed by atoms with van der Waals surface area (Å²) in [5, 5.41) is 12.3. The molecule has 1 aliphatic rings. The van der Waals surface area contributed by atoms with Gasteiger partial charge in [0.1, 0.15) is 11.6 Å². The summed E-state index contributed by atoms with van der Waals surface area (Å²) in [4.78, 5) is 15.9. The van der Waals surface area contributed by atoms with E-state index in [9.17, 15) is 13.6 Å². The number of halogens is 2. The van der Waals surface area contributed by atoms with Gasteiger partial charge in [-0.15, -0.1) is 10.2 Å². The summed E-state index contributed by atoms with van der Waals surface area (Å²) in [5.74, 6) is -0.983. The first-order valence-electron chi connectivity index (χ1n) is 9.95. The van der Waals surface area contributed by atoms with Crippen molar-refractivity contribution in [2.45, 2.75) is 36.2 Å². The van der Waals surface area contributed by atoms with Crippen molar-refractivity contribution in [3.63, 3.8) is 0 Å². The van der Waals surface area contributed by atoms with Crippen molar-refractivity contribution >= 4 is 34.3 Å². The topological polar surface area (TPSA) is 75.6 Å². The second-order valence-corrected chi connectivity index (χ2v) is 8.84. The fourth-order valence-electron chi connectivity index (χ4n) is 3.50. The van der Waals surface area contributed by atoms with Crippen molar-refractivity contribution < 1.29 is 13.6 Å². The molecule has 5 rings (SSSR count). The minimum absolute atomic E-state index is 0.180. The number of nitrogens with one attached hydrogen (secondary N) is 2. The van der Waals surface area contributed by atoms with Gasteiger partial charge in [0, 0.05) is 34.8 Å². The lowest BCUT2D eigenvalue weighted by Gasteiger charge is -2.13. The maximum atomic E-state index is 13.9. The number of fused-ring (bicyclic) bond motifs is 1. The highest BCUT2D eigenvalue weighted by atomic mass is 32.2. The average molecular weight is 439 g/mol. The highest BCUT2D eigenvalue weighted by molar-refractivity contribution is 8.00. The number of hydrogen-bond acceptors (Lipinski definition) is 4. The molecule has 2 aromatic carbocycles. The SMILES string of the molecule is C[C@H](Sc1nnc(-c2c[nH]c3ccccc23)n1C1CC1)C(=O)Nc1cc(F)ccc1F. The van der Waals surface area contributed by atoms with Crippen molar-refractivity contribution in [2.75, 3.05) is 5.32 Å². The first-order chi connectivity index (χ1) is 15.0. The molecule has 2 aromatic heterocycles. The van der Waals surface area contributed by atoms with Gasteiger partial charge in [-0.1, -0.05) is 30.0 Å². The van der Waals surface area contributed by atoms with E-state index >= 15 is 0 Å². The lowest BCUT2D eigenvalue weighted by Crippen LogP contribution is -2.23. The predicted molar refractivity (Wildman–Crippen MR) is 116 cm³/mol. The normalized spacial score (nSPS) is 14.7. The van der Waals surface area contributed by atoms with Gasteiger partial charge < -0.3 is 10.3 Å². The molecule has 0 saturated heterocycles. The number of nitrogens with zero attached hydrogens (tertiary/aromatic N) is 3. The second-order valence-electron chi connectivity index (χ2n) is 7.53. The monoisotopic (exact) mass is 439 g/mol. The van der Waals surface area contributed by atoms with Crippen LogP contribution in [0.1, 0.15) is 25.8 Å². The van der Waals surface area contributed by atoms with Gasteiger partial charge >= 0.3 is 0 Å². The molecule has 1 atom stereocenters. The molecule has 0 unspecified atom stereocenters. The van der Waals surface area contributed by atoms with Crippen molar-refractivity contribution in [3.8, 4) is 11.4 Å². The number of H-pyrrole nitrogens is 1. The Labute approximate surface area is 181 Å². The Morgan fingerprint density at radius 2 is 2.03 bits per heavy atom. The van der Waals surface area contributed by atoms with Crippen LogP contribution in [0.15, 0.2) is 53.8 Å². The fraction of sp³-hybridized carbons (Fsp3) is 0.227. The third-order valence-corrected chi connectivity index (χ3v) is 6.30. The molecule has 0 radical (unpaired) electrons. The molecule has 1 saturated carbocycles. The van der Waals surface area contributed by atoms with Gasteiger partial charge in [-0.3, -0.25) is 9.36 Å². The Morgan fingerprint density at radius 3 is 2.84 bits per heavy atom. The van der Waals surface area contributed by atoms with E-state index in [1.54, 1.807) is 6.92 Å². The van der Waals surface area contributed by atoms with Gasteiger partial charge in [-0.05, 0) is 38.0 Å². The van der Waals surface area contributed by atoms with Gasteiger partial charge in [0.05, 0.1) is 10.9 Å². The number of rotatable bonds is 6. The summed E-state index contributed by atoms with van der Waals surface area (Å²) in [6.07, 6.45) is 3.97. The molecular weight excluding hydrogens is 420 g/mol. The molecule has 9 heteroatoms. The summed E-state index contributed by atoms with van der Waals surface area (Å²) in [7, 11) is 0. The fourth-order valence-corrected chi connectivity index (χ4v) is 4.42. The number of para-hydroxylation sites is 1. The summed E-state index contributed by atoms with van der Waals surface area (Å²) < 4.78 is 29.3. The van der Waals surface area contributed by atoms with E-state index in [0.29, 0.717) is 5.16 Å². The van der Waals surface area contributed by atoms with E-state index < -0.39 is 22.8 Å². The molecular formula is C22H19F2N5OS. The van der Waals surface area contributed by atoms with Crippen LogP contribution in [0.2, 0.25) is 0 Å². The zero-order valence-electron chi connectivity index (χ0n) is 16.6. The van der Waals surface area contributed by atoms with Crippen LogP contribution in [-0.4, -0.2) is 30.9 Å². The van der Waals surface area contributed by atoms with Crippen LogP contribution in [0.4, 0.5) is 14.5 Å². The molecule has 0 spiro atoms. The van der Waals surface area contributed by atoms with E-state index in [-0.39, 0.29) is 11.7 Å². The molecule has 4 aromatic rings. The summed E-state index contributed by atoms with van der Waals surface area (Å²) in [5.41, 5.74) is 1.79. The Hall–Kier alpha value is -3.20. The molecule has 1 aliphatic carbocycles. The number of aromatic nitrogens is 4. The molecule has 6 nitrogen and oxygen atoms in total. The average Bonchev–Trinajstić information content (AvgIpc) is 3.38. The van der Waals surface area contributed by atoms with Gasteiger partial charge in [0.2, 0.25) is 5.91 Å². The van der Waals surface area contributed by atoms with Crippen molar-refractivity contribution in [3.05, 3.63) is 60.3 Å². The first-order valence-corrected chi connectivity index (χ1v) is 10.8. The standard InChI is InChI=1S/C22H19F2N5OS/c1-12(21(30)26-19-10-13(23)6-9-17(19)24)31-22-28-27-20(29(22)14-7-8-14)16-11-25-18-5-3-2-4-15(16)18/h2-6,9-12,14,25H,7-8H2,1H3,(H,26,30)/t12-/m0/s1. The molecule has 0 aliphatic heterocycles. The number of benzene rings is 2. The Kier molecular flexibility index (Phi) is 4.97. The zero-order chi connectivity index (χ0) is 21.5. The van der Waals surface area contributed by atoms with E-state index in [0.717, 1.165) is 53.3 Å². The number of thioether (sulfide) groups is 1. The highest BCUT2D eigenvalue weighted by Gasteiger charge is 2.32. The smallest absolute Gasteiger partial charge is 0.237 e. The van der Waals surface area contributed by atoms with Crippen LogP contribution in [0.25, 0.3) is 22.3 Å². The number of carbonyl (C=O) groups is 1. The first kappa shape index (κ1) is 19.7. The lowest BCUT2D eigenvalue weighted by molar-refractivity contribution is -0.115. The number of aromatic amines is 1. The molecule has 1 amide bonds. The molecule has 31 heavy (non-hydrogen) atoms. The van der Waals surface area contributed by atoms with Gasteiger partial charge in [-0.25, -0.2) is 8.78 Å². The molecule has 2 N–H and O–H groups in total. The predicted octanol–water partition coefficient (Wildman–Crippen LogP) is 5.16. The molecule has 158 valence electrons. The lowest BCUT2D eigenvalue weighted by atomic mass is 10.1. The maximum absolute atomic E-state index is 13.9. The van der Waals surface area contributed by atoms with Crippen LogP contribution < -0.4 is 5.32 Å². The van der Waals surface area contributed by atoms with Crippen molar-refractivity contribution in [1.29, 1.82) is 0 Å². The summed E-state index contributed by atoms with van der Waals surface area (Å²) in [6, 6.07) is 11.2. The van der Waals surface area contributed by atoms with Crippen LogP contribution in [0, 0.1) is 11.6 Å². The maximum Gasteiger partial charge on any atom is 0.237 e. The summed E-state index contributed by atoms with van der Waals surface area (Å²) in [6.45, 7) is 1.70. The Bertz CT molecular complexity index is 1280. The minimum Gasteiger partial charge on any atom is -0.360 e. The van der Waals surface area contributed by atoms with Crippen LogP contribution in [-0.2, 0) is 4.79 Å². The van der Waals surface area contributed by atoms with Crippen molar-refractivity contribution in [1.82, 2.24) is 19.7 Å². The third-order valence-electron chi connectivity index (χ3n) is 5.24. The third kappa shape index (κ3) is 3.81. The Morgan fingerprint density at radius 1 is 1.23 bits per heavy atom. The number of carbonyl (C=O) groups excluding carboxylic acids is 1. The Balaban J connectivity index is 1.41. The quantitative estimate of drug-likeness (QED) is 0.407. The van der Waals surface area contributed by atoms with Crippen LogP contribution in [0.5, 0.6) is 0 Å². The van der Waals surface area contributed by atoms with Gasteiger partial charge in [0.25, 0.3) is 0 Å². The van der Waals surface area contributed by atoms with E-state index in [1.807, 2.05) is 30.5 Å². The van der Waals surface area contributed by atoms with E-state index in [2.05, 4.69) is 25.1 Å². The molecule has 2 heterocycles. The van der Waals surface area contributed by atoms with Gasteiger partial charge in [-0.2, -0.15) is 0 Å². The number of hydrogen-bond donors (Lipinski definition) is 2. The largest absolute Gasteiger partial charge is 0.360 e. The molecule has 0 bridgehead atoms. The summed E-state index contributed by atoms with van der Waals surface area (Å²) >= 11 is 1.25. The van der Waals surface area contributed by atoms with Crippen LogP contribution in [0.3, 0.4) is 0 Å². The number of amides is 1. The highest BCUT2D eigenvalue weighted by Crippen LogP contribution is 2.42. The van der Waals surface area contributed by atoms with E-state index in [1.165, 1.54) is 11.8 Å². The minimum atomic E-state index is -0.685. The molecule has 1 fully saturated rings. The van der Waals surface area contributed by atoms with Crippen LogP contribution >= 0.6 is 11.8 Å². The van der Waals surface area contributed by atoms with Gasteiger partial charge in [0.15, 0.2) is 11.0 Å². The van der Waals surface area contributed by atoms with E-state index in [4.69, 9.17) is 0 Å². The number of anilines is 1.